The summed E-state index contributed by atoms with van der Waals surface area (Å²) in [5.41, 5.74) is 1.84. The van der Waals surface area contributed by atoms with Gasteiger partial charge in [-0.1, -0.05) is 0 Å². The highest BCUT2D eigenvalue weighted by Gasteiger charge is 2.22. The molecule has 0 saturated heterocycles. The van der Waals surface area contributed by atoms with Crippen LogP contribution in [0, 0.1) is 6.92 Å². The summed E-state index contributed by atoms with van der Waals surface area (Å²) >= 11 is 3.39. The van der Waals surface area contributed by atoms with Gasteiger partial charge in [-0.15, -0.1) is 0 Å². The van der Waals surface area contributed by atoms with Gasteiger partial charge in [0.25, 0.3) is 0 Å². The first-order chi connectivity index (χ1) is 9.51. The molecule has 0 radical (unpaired) electrons. The molecule has 2 aromatic rings. The predicted octanol–water partition coefficient (Wildman–Crippen LogP) is 2.74. The Morgan fingerprint density at radius 2 is 1.95 bits per heavy atom. The van der Waals surface area contributed by atoms with Crippen LogP contribution in [-0.2, 0) is 7.05 Å². The monoisotopic (exact) mass is 338 g/mol. The first-order valence-corrected chi connectivity index (χ1v) is 6.74. The molecule has 2 rings (SSSR count). The molecule has 6 heteroatoms. The summed E-state index contributed by atoms with van der Waals surface area (Å²) < 4.78 is 12.8. The Bertz CT molecular complexity index is 665. The molecular weight excluding hydrogens is 324 g/mol. The first-order valence-electron chi connectivity index (χ1n) is 5.95. The Kier molecular flexibility index (Phi) is 4.13. The molecule has 106 valence electrons. The summed E-state index contributed by atoms with van der Waals surface area (Å²) in [4.78, 5) is 12.6. The third kappa shape index (κ3) is 2.31. The Hall–Kier alpha value is -1.82. The number of carbonyl (C=O) groups excluding carboxylic acids is 1. The maximum absolute atomic E-state index is 12.6. The van der Waals surface area contributed by atoms with Crippen molar-refractivity contribution in [2.45, 2.75) is 6.92 Å². The van der Waals surface area contributed by atoms with Crippen LogP contribution in [0.2, 0.25) is 0 Å². The molecule has 1 heterocycles. The van der Waals surface area contributed by atoms with E-state index in [1.807, 2.05) is 6.92 Å². The van der Waals surface area contributed by atoms with E-state index >= 15 is 0 Å². The van der Waals surface area contributed by atoms with E-state index < -0.39 is 0 Å². The summed E-state index contributed by atoms with van der Waals surface area (Å²) in [6.45, 7) is 1.85. The van der Waals surface area contributed by atoms with Crippen LogP contribution in [0.25, 0.3) is 0 Å². The van der Waals surface area contributed by atoms with Crippen molar-refractivity contribution in [1.82, 2.24) is 9.78 Å². The summed E-state index contributed by atoms with van der Waals surface area (Å²) in [5, 5.41) is 4.09. The van der Waals surface area contributed by atoms with Crippen molar-refractivity contribution in [3.63, 3.8) is 0 Å². The lowest BCUT2D eigenvalue weighted by Gasteiger charge is -2.12. The van der Waals surface area contributed by atoms with Gasteiger partial charge in [-0.05, 0) is 35.0 Å². The van der Waals surface area contributed by atoms with Crippen molar-refractivity contribution in [2.24, 2.45) is 7.05 Å². The molecule has 0 bridgehead atoms. The van der Waals surface area contributed by atoms with Crippen LogP contribution in [0.15, 0.2) is 22.8 Å². The van der Waals surface area contributed by atoms with Gasteiger partial charge in [0.15, 0.2) is 5.78 Å². The lowest BCUT2D eigenvalue weighted by Crippen LogP contribution is -2.06. The third-order valence-corrected chi connectivity index (χ3v) is 3.96. The van der Waals surface area contributed by atoms with Crippen LogP contribution in [-0.4, -0.2) is 29.8 Å². The maximum atomic E-state index is 12.6. The smallest absolute Gasteiger partial charge is 0.200 e. The molecular formula is C14H15BrN2O3. The van der Waals surface area contributed by atoms with Crippen molar-refractivity contribution in [1.29, 1.82) is 0 Å². The zero-order chi connectivity index (χ0) is 14.9. The SMILES string of the molecule is COc1ccc(C(=O)c2cnn(C)c2C)c(OC)c1Br. The minimum Gasteiger partial charge on any atom is -0.495 e. The molecule has 0 amide bonds. The van der Waals surface area contributed by atoms with Crippen LogP contribution >= 0.6 is 15.9 Å². The third-order valence-electron chi connectivity index (χ3n) is 3.21. The second-order valence-electron chi connectivity index (χ2n) is 4.26. The van der Waals surface area contributed by atoms with Crippen LogP contribution < -0.4 is 9.47 Å². The van der Waals surface area contributed by atoms with Crippen molar-refractivity contribution in [3.05, 3.63) is 39.6 Å². The topological polar surface area (TPSA) is 53.3 Å². The fourth-order valence-electron chi connectivity index (χ4n) is 1.94. The van der Waals surface area contributed by atoms with E-state index in [0.29, 0.717) is 27.1 Å². The van der Waals surface area contributed by atoms with E-state index in [0.717, 1.165) is 5.69 Å². The number of aromatic nitrogens is 2. The average molecular weight is 339 g/mol. The summed E-state index contributed by atoms with van der Waals surface area (Å²) in [6.07, 6.45) is 1.56. The number of hydrogen-bond donors (Lipinski definition) is 0. The molecule has 0 aliphatic heterocycles. The maximum Gasteiger partial charge on any atom is 0.200 e. The zero-order valence-electron chi connectivity index (χ0n) is 11.7. The molecule has 20 heavy (non-hydrogen) atoms. The van der Waals surface area contributed by atoms with Crippen molar-refractivity contribution >= 4 is 21.7 Å². The Balaban J connectivity index is 2.55. The number of halogens is 1. The van der Waals surface area contributed by atoms with E-state index in [1.54, 1.807) is 37.2 Å². The molecule has 5 nitrogen and oxygen atoms in total. The van der Waals surface area contributed by atoms with Crippen molar-refractivity contribution in [2.75, 3.05) is 14.2 Å². The molecule has 0 N–H and O–H groups in total. The Morgan fingerprint density at radius 3 is 2.45 bits per heavy atom. The van der Waals surface area contributed by atoms with Gasteiger partial charge < -0.3 is 9.47 Å². The van der Waals surface area contributed by atoms with Crippen LogP contribution in [0.1, 0.15) is 21.6 Å². The number of rotatable bonds is 4. The van der Waals surface area contributed by atoms with Crippen LogP contribution in [0.4, 0.5) is 0 Å². The van der Waals surface area contributed by atoms with Crippen LogP contribution in [0.5, 0.6) is 11.5 Å². The van der Waals surface area contributed by atoms with Crippen molar-refractivity contribution in [3.8, 4) is 11.5 Å². The number of ether oxygens (including phenoxy) is 2. The van der Waals surface area contributed by atoms with Gasteiger partial charge in [0.05, 0.1) is 31.5 Å². The lowest BCUT2D eigenvalue weighted by molar-refractivity contribution is 0.103. The molecule has 1 aromatic heterocycles. The highest BCUT2D eigenvalue weighted by atomic mass is 79.9. The van der Waals surface area contributed by atoms with Gasteiger partial charge in [0, 0.05) is 12.7 Å². The fourth-order valence-corrected chi connectivity index (χ4v) is 2.61. The van der Waals surface area contributed by atoms with Gasteiger partial charge >= 0.3 is 0 Å². The number of benzene rings is 1. The first kappa shape index (κ1) is 14.6. The van der Waals surface area contributed by atoms with E-state index in [2.05, 4.69) is 21.0 Å². The number of hydrogen-bond acceptors (Lipinski definition) is 4. The molecule has 0 aliphatic carbocycles. The van der Waals surface area contributed by atoms with E-state index in [4.69, 9.17) is 9.47 Å². The normalized spacial score (nSPS) is 10.4. The van der Waals surface area contributed by atoms with Gasteiger partial charge in [-0.3, -0.25) is 9.48 Å². The summed E-state index contributed by atoms with van der Waals surface area (Å²) in [5.74, 6) is 0.940. The van der Waals surface area contributed by atoms with E-state index in [-0.39, 0.29) is 5.78 Å². The number of carbonyl (C=O) groups is 1. The minimum atomic E-state index is -0.129. The second-order valence-corrected chi connectivity index (χ2v) is 5.05. The summed E-state index contributed by atoms with van der Waals surface area (Å²) in [6, 6.07) is 3.42. The highest BCUT2D eigenvalue weighted by Crippen LogP contribution is 2.38. The second kappa shape index (κ2) is 5.66. The van der Waals surface area contributed by atoms with E-state index in [1.165, 1.54) is 7.11 Å². The van der Waals surface area contributed by atoms with Crippen LogP contribution in [0.3, 0.4) is 0 Å². The number of ketones is 1. The predicted molar refractivity (Wildman–Crippen MR) is 78.6 cm³/mol. The van der Waals surface area contributed by atoms with Gasteiger partial charge in [0.1, 0.15) is 16.0 Å². The highest BCUT2D eigenvalue weighted by molar-refractivity contribution is 9.10. The number of aryl methyl sites for hydroxylation is 1. The standard InChI is InChI=1S/C14H15BrN2O3/c1-8-10(7-16-17(8)2)13(18)9-5-6-11(19-3)12(15)14(9)20-4/h5-7H,1-4H3. The molecule has 0 saturated carbocycles. The lowest BCUT2D eigenvalue weighted by atomic mass is 10.0. The molecule has 0 fully saturated rings. The molecule has 0 aliphatic rings. The summed E-state index contributed by atoms with van der Waals surface area (Å²) in [7, 11) is 4.88. The van der Waals surface area contributed by atoms with Gasteiger partial charge in [0.2, 0.25) is 0 Å². The van der Waals surface area contributed by atoms with E-state index in [9.17, 15) is 4.79 Å². The molecule has 1 aromatic carbocycles. The van der Waals surface area contributed by atoms with Crippen molar-refractivity contribution < 1.29 is 14.3 Å². The van der Waals surface area contributed by atoms with Gasteiger partial charge in [-0.25, -0.2) is 0 Å². The number of methoxy groups -OCH3 is 2. The largest absolute Gasteiger partial charge is 0.495 e. The fraction of sp³-hybridized carbons (Fsp3) is 0.286. The Labute approximate surface area is 125 Å². The van der Waals surface area contributed by atoms with Gasteiger partial charge in [-0.2, -0.15) is 5.10 Å². The number of nitrogens with zero attached hydrogens (tertiary/aromatic N) is 2. The molecule has 0 atom stereocenters. The zero-order valence-corrected chi connectivity index (χ0v) is 13.3. The quantitative estimate of drug-likeness (QED) is 0.804. The molecule has 0 unspecified atom stereocenters. The average Bonchev–Trinajstić information content (AvgIpc) is 2.78. The Morgan fingerprint density at radius 1 is 1.25 bits per heavy atom. The minimum absolute atomic E-state index is 0.129. The molecule has 0 spiro atoms.